The van der Waals surface area contributed by atoms with Crippen LogP contribution in [-0.4, -0.2) is 49.9 Å². The van der Waals surface area contributed by atoms with Gasteiger partial charge in [-0.1, -0.05) is 18.2 Å². The van der Waals surface area contributed by atoms with Crippen LogP contribution in [0.5, 0.6) is 17.2 Å². The van der Waals surface area contributed by atoms with Crippen LogP contribution in [-0.2, 0) is 16.1 Å². The third-order valence-electron chi connectivity index (χ3n) is 6.37. The lowest BCUT2D eigenvalue weighted by Crippen LogP contribution is -2.45. The Hall–Kier alpha value is -3.82. The molecule has 13 heteroatoms. The first-order valence-electron chi connectivity index (χ1n) is 13.6. The molecule has 4 rings (SSSR count). The number of aliphatic hydroxyl groups excluding tert-OH is 1. The molecule has 2 atom stereocenters. The van der Waals surface area contributed by atoms with E-state index in [1.807, 2.05) is 49.4 Å². The van der Waals surface area contributed by atoms with Crippen molar-refractivity contribution in [3.63, 3.8) is 0 Å². The molecule has 0 fully saturated rings. The van der Waals surface area contributed by atoms with Gasteiger partial charge in [-0.3, -0.25) is 5.43 Å². The Bertz CT molecular complexity index is 1550. The average molecular weight is 779 g/mol. The number of carbonyl (C=O) groups is 2. The first-order chi connectivity index (χ1) is 21.2. The van der Waals surface area contributed by atoms with Crippen molar-refractivity contribution in [3.05, 3.63) is 96.7 Å². The van der Waals surface area contributed by atoms with Crippen LogP contribution in [0.25, 0.3) is 0 Å². The molecule has 0 bridgehead atoms. The van der Waals surface area contributed by atoms with Crippen LogP contribution < -0.4 is 30.3 Å². The third-order valence-corrected chi connectivity index (χ3v) is 7.71. The van der Waals surface area contributed by atoms with Crippen molar-refractivity contribution < 1.29 is 33.6 Å². The van der Waals surface area contributed by atoms with E-state index < -0.39 is 24.3 Å². The molecule has 0 aromatic heterocycles. The summed E-state index contributed by atoms with van der Waals surface area (Å²) < 4.78 is 24.3. The molecular weight excluding hydrogens is 747 g/mol. The lowest BCUT2D eigenvalue weighted by Gasteiger charge is -2.28. The second-order valence-electron chi connectivity index (χ2n) is 9.52. The number of allylic oxidation sites excluding steroid dienone is 1. The van der Waals surface area contributed by atoms with E-state index in [0.717, 1.165) is 15.6 Å². The van der Waals surface area contributed by atoms with Crippen molar-refractivity contribution in [2.45, 2.75) is 32.7 Å². The summed E-state index contributed by atoms with van der Waals surface area (Å²) in [4.78, 5) is 24.6. The highest BCUT2D eigenvalue weighted by Gasteiger charge is 2.32. The molecule has 3 aromatic rings. The average Bonchev–Trinajstić information content (AvgIpc) is 3.00. The largest absolute Gasteiger partial charge is 0.490 e. The van der Waals surface area contributed by atoms with Crippen molar-refractivity contribution in [1.82, 2.24) is 16.1 Å². The number of hydrazone groups is 1. The minimum absolute atomic E-state index is 0.137. The number of rotatable bonds is 13. The van der Waals surface area contributed by atoms with Gasteiger partial charge in [0.25, 0.3) is 0 Å². The van der Waals surface area contributed by atoms with Gasteiger partial charge in [0.15, 0.2) is 17.7 Å². The molecule has 3 aromatic carbocycles. The minimum Gasteiger partial charge on any atom is -0.490 e. The summed E-state index contributed by atoms with van der Waals surface area (Å²) in [6.45, 7) is 4.10. The van der Waals surface area contributed by atoms with Gasteiger partial charge in [0.2, 0.25) is 0 Å². The predicted octanol–water partition coefficient (Wildman–Crippen LogP) is 5.15. The molecule has 1 aliphatic rings. The number of nitrogens with one attached hydrogen (secondary N) is 3. The molecule has 1 aliphatic heterocycles. The number of halogens is 2. The zero-order valence-electron chi connectivity index (χ0n) is 24.2. The van der Waals surface area contributed by atoms with Crippen LogP contribution in [0.2, 0.25) is 0 Å². The summed E-state index contributed by atoms with van der Waals surface area (Å²) in [7, 11) is 1.28. The molecule has 44 heavy (non-hydrogen) atoms. The maximum absolute atomic E-state index is 12.4. The van der Waals surface area contributed by atoms with E-state index in [4.69, 9.17) is 18.9 Å². The molecule has 1 heterocycles. The van der Waals surface area contributed by atoms with Crippen LogP contribution in [0.4, 0.5) is 4.79 Å². The second kappa shape index (κ2) is 15.8. The summed E-state index contributed by atoms with van der Waals surface area (Å²) in [5.74, 6) is 0.881. The van der Waals surface area contributed by atoms with E-state index in [1.54, 1.807) is 31.3 Å². The number of hydrogen-bond donors (Lipinski definition) is 4. The smallest absolute Gasteiger partial charge is 0.337 e. The fourth-order valence-corrected chi connectivity index (χ4v) is 5.15. The number of esters is 1. The number of nitrogens with zero attached hydrogens (tertiary/aromatic N) is 1. The molecular formula is C31H32BrIN4O7. The lowest BCUT2D eigenvalue weighted by molar-refractivity contribution is -0.136. The van der Waals surface area contributed by atoms with Gasteiger partial charge in [0.05, 0.1) is 36.0 Å². The van der Waals surface area contributed by atoms with Gasteiger partial charge in [-0.25, -0.2) is 9.59 Å². The molecule has 0 spiro atoms. The molecule has 0 aliphatic carbocycles. The Balaban J connectivity index is 1.34. The van der Waals surface area contributed by atoms with Crippen LogP contribution in [0.3, 0.4) is 0 Å². The SMILES string of the molecule is CCOc1cc([C@H]2NC(=O)NC(C)=C2C(=O)OC)ccc1OC[C@@H](O)N/N=C\c1ccc(OCc2ccc(I)cc2)c(Br)c1. The van der Waals surface area contributed by atoms with E-state index in [1.165, 1.54) is 10.7 Å². The van der Waals surface area contributed by atoms with Crippen LogP contribution in [0.15, 0.2) is 81.5 Å². The maximum Gasteiger partial charge on any atom is 0.337 e. The van der Waals surface area contributed by atoms with Crippen molar-refractivity contribution >= 4 is 56.7 Å². The van der Waals surface area contributed by atoms with Gasteiger partial charge in [-0.05, 0) is 112 Å². The highest BCUT2D eigenvalue weighted by molar-refractivity contribution is 14.1. The lowest BCUT2D eigenvalue weighted by atomic mass is 9.95. The predicted molar refractivity (Wildman–Crippen MR) is 177 cm³/mol. The summed E-state index contributed by atoms with van der Waals surface area (Å²) in [5, 5.41) is 19.9. The Morgan fingerprint density at radius 1 is 1.09 bits per heavy atom. The zero-order chi connectivity index (χ0) is 31.6. The van der Waals surface area contributed by atoms with Crippen molar-refractivity contribution in [2.75, 3.05) is 20.3 Å². The van der Waals surface area contributed by atoms with E-state index in [-0.39, 0.29) is 12.2 Å². The Kier molecular flexibility index (Phi) is 11.9. The summed E-state index contributed by atoms with van der Waals surface area (Å²) in [6, 6.07) is 17.5. The summed E-state index contributed by atoms with van der Waals surface area (Å²) in [6.07, 6.45) is 0.444. The van der Waals surface area contributed by atoms with Gasteiger partial charge in [0, 0.05) is 9.27 Å². The first kappa shape index (κ1) is 33.1. The van der Waals surface area contributed by atoms with Gasteiger partial charge in [-0.2, -0.15) is 5.10 Å². The molecule has 0 unspecified atom stereocenters. The summed E-state index contributed by atoms with van der Waals surface area (Å²) in [5.41, 5.74) is 5.76. The van der Waals surface area contributed by atoms with Crippen LogP contribution >= 0.6 is 38.5 Å². The Morgan fingerprint density at radius 3 is 2.55 bits per heavy atom. The van der Waals surface area contributed by atoms with Gasteiger partial charge >= 0.3 is 12.0 Å². The van der Waals surface area contributed by atoms with Crippen molar-refractivity contribution in [2.24, 2.45) is 5.10 Å². The van der Waals surface area contributed by atoms with Crippen LogP contribution in [0.1, 0.15) is 36.6 Å². The van der Waals surface area contributed by atoms with Crippen LogP contribution in [0, 0.1) is 3.57 Å². The van der Waals surface area contributed by atoms with Gasteiger partial charge < -0.3 is 34.7 Å². The molecule has 232 valence electrons. The molecule has 4 N–H and O–H groups in total. The summed E-state index contributed by atoms with van der Waals surface area (Å²) >= 11 is 5.80. The maximum atomic E-state index is 12.4. The standard InChI is InChI=1S/C31H32BrIN4O7/c1-4-42-26-14-21(29-28(30(39)41-3)18(2)35-31(40)36-29)8-12-25(26)44-17-27(38)37-34-15-20-7-11-24(23(32)13-20)43-16-19-5-9-22(33)10-6-19/h5-15,27,29,37-38H,4,16-17H2,1-3H3,(H2,35,36,40)/b34-15-/t27-,29-/m1/s1. The van der Waals surface area contributed by atoms with E-state index in [0.29, 0.717) is 41.7 Å². The molecule has 11 nitrogen and oxygen atoms in total. The fourth-order valence-electron chi connectivity index (χ4n) is 4.28. The molecule has 2 amide bonds. The van der Waals surface area contributed by atoms with Crippen molar-refractivity contribution in [1.29, 1.82) is 0 Å². The number of ether oxygens (including phenoxy) is 4. The number of urea groups is 1. The second-order valence-corrected chi connectivity index (χ2v) is 11.6. The third kappa shape index (κ3) is 8.86. The number of aliphatic hydroxyl groups is 1. The van der Waals surface area contributed by atoms with E-state index in [9.17, 15) is 14.7 Å². The fraction of sp³-hybridized carbons (Fsp3) is 0.258. The zero-order valence-corrected chi connectivity index (χ0v) is 28.0. The van der Waals surface area contributed by atoms with Gasteiger partial charge in [0.1, 0.15) is 19.0 Å². The first-order valence-corrected chi connectivity index (χ1v) is 15.4. The number of methoxy groups -OCH3 is 1. The highest BCUT2D eigenvalue weighted by Crippen LogP contribution is 2.35. The Morgan fingerprint density at radius 2 is 1.84 bits per heavy atom. The number of carbonyl (C=O) groups excluding carboxylic acids is 2. The topological polar surface area (TPSA) is 140 Å². The normalized spacial score (nSPS) is 15.3. The van der Waals surface area contributed by atoms with Gasteiger partial charge in [-0.15, -0.1) is 0 Å². The van der Waals surface area contributed by atoms with E-state index >= 15 is 0 Å². The highest BCUT2D eigenvalue weighted by atomic mass is 127. The molecule has 0 saturated carbocycles. The number of benzene rings is 3. The number of amides is 2. The quantitative estimate of drug-likeness (QED) is 0.0615. The number of hydrogen-bond acceptors (Lipinski definition) is 9. The molecule has 0 radical (unpaired) electrons. The van der Waals surface area contributed by atoms with Crippen molar-refractivity contribution in [3.8, 4) is 17.2 Å². The van der Waals surface area contributed by atoms with E-state index in [2.05, 4.69) is 59.7 Å². The molecule has 0 saturated heterocycles. The Labute approximate surface area is 277 Å². The minimum atomic E-state index is -1.12. The monoisotopic (exact) mass is 778 g/mol.